The molecule has 0 spiro atoms. The molecule has 1 fully saturated rings. The van der Waals surface area contributed by atoms with E-state index in [0.717, 1.165) is 10.9 Å². The summed E-state index contributed by atoms with van der Waals surface area (Å²) in [5.41, 5.74) is 2.03. The Balaban J connectivity index is 1.38. The molecule has 1 N–H and O–H groups in total. The van der Waals surface area contributed by atoms with E-state index in [0.29, 0.717) is 41.8 Å². The summed E-state index contributed by atoms with van der Waals surface area (Å²) in [5.74, 6) is 0.117. The number of hydrogen-bond donors (Lipinski definition) is 1. The molecule has 0 bridgehead atoms. The molecule has 0 saturated carbocycles. The third kappa shape index (κ3) is 5.85. The Kier molecular flexibility index (Phi) is 7.16. The Bertz CT molecular complexity index is 1190. The molecule has 1 unspecified atom stereocenters. The van der Waals surface area contributed by atoms with Crippen LogP contribution in [0.5, 0.6) is 5.88 Å². The van der Waals surface area contributed by atoms with Crippen molar-refractivity contribution >= 4 is 46.1 Å². The number of ether oxygens (including phenoxy) is 2. The number of carbonyl (C=O) groups is 2. The van der Waals surface area contributed by atoms with Crippen molar-refractivity contribution in [2.24, 2.45) is 0 Å². The monoisotopic (exact) mass is 466 g/mol. The summed E-state index contributed by atoms with van der Waals surface area (Å²) in [6.45, 7) is 2.97. The average molecular weight is 467 g/mol. The Morgan fingerprint density at radius 3 is 2.97 bits per heavy atom. The van der Waals surface area contributed by atoms with Crippen molar-refractivity contribution in [1.29, 1.82) is 0 Å². The number of para-hydroxylation sites is 1. The summed E-state index contributed by atoms with van der Waals surface area (Å²) in [5, 5.41) is 4.04. The highest BCUT2D eigenvalue weighted by atomic mass is 35.5. The van der Waals surface area contributed by atoms with Gasteiger partial charge in [0.05, 0.1) is 24.1 Å². The summed E-state index contributed by atoms with van der Waals surface area (Å²) in [4.78, 5) is 34.4. The van der Waals surface area contributed by atoms with Gasteiger partial charge in [-0.15, -0.1) is 0 Å². The topological polar surface area (TPSA) is 93.7 Å². The fourth-order valence-electron chi connectivity index (χ4n) is 3.53. The number of hydrogen-bond acceptors (Lipinski definition) is 6. The number of aromatic nitrogens is 2. The van der Waals surface area contributed by atoms with Crippen LogP contribution in [-0.2, 0) is 14.3 Å². The van der Waals surface area contributed by atoms with Crippen LogP contribution in [0.2, 0.25) is 5.02 Å². The molecular formula is C24H23ClN4O4. The van der Waals surface area contributed by atoms with Gasteiger partial charge < -0.3 is 19.7 Å². The zero-order valence-electron chi connectivity index (χ0n) is 18.0. The summed E-state index contributed by atoms with van der Waals surface area (Å²) in [6, 6.07) is 12.7. The van der Waals surface area contributed by atoms with E-state index in [1.807, 2.05) is 24.3 Å². The zero-order chi connectivity index (χ0) is 23.2. The molecule has 1 aliphatic heterocycles. The fraction of sp³-hybridized carbons (Fsp3) is 0.250. The van der Waals surface area contributed by atoms with Crippen LogP contribution < -0.4 is 10.1 Å². The number of halogens is 1. The molecule has 4 rings (SSSR count). The van der Waals surface area contributed by atoms with Crippen LogP contribution in [-0.4, -0.2) is 59.1 Å². The van der Waals surface area contributed by atoms with E-state index in [1.165, 1.54) is 19.3 Å². The van der Waals surface area contributed by atoms with Crippen molar-refractivity contribution in [2.75, 3.05) is 31.6 Å². The number of amides is 2. The fourth-order valence-corrected chi connectivity index (χ4v) is 3.70. The molecular weight excluding hydrogens is 444 g/mol. The Morgan fingerprint density at radius 1 is 1.27 bits per heavy atom. The van der Waals surface area contributed by atoms with Gasteiger partial charge in [0, 0.05) is 30.3 Å². The van der Waals surface area contributed by atoms with Crippen molar-refractivity contribution in [3.05, 3.63) is 65.5 Å². The molecule has 1 aromatic heterocycles. The number of benzene rings is 2. The molecule has 9 heteroatoms. The Morgan fingerprint density at radius 2 is 2.12 bits per heavy atom. The van der Waals surface area contributed by atoms with Crippen LogP contribution in [0.3, 0.4) is 0 Å². The molecule has 0 aliphatic carbocycles. The second-order valence-corrected chi connectivity index (χ2v) is 7.97. The molecule has 8 nitrogen and oxygen atoms in total. The van der Waals surface area contributed by atoms with Crippen molar-refractivity contribution < 1.29 is 19.1 Å². The SMILES string of the molecule is CC(=O)Nc1cc(Cl)ccc1C=CC(=O)N1CCOC(COc2ncnc3ccccc23)C1. The predicted molar refractivity (Wildman–Crippen MR) is 126 cm³/mol. The summed E-state index contributed by atoms with van der Waals surface area (Å²) >= 11 is 6.02. The number of rotatable bonds is 6. The lowest BCUT2D eigenvalue weighted by molar-refractivity contribution is -0.134. The molecule has 2 heterocycles. The van der Waals surface area contributed by atoms with Crippen LogP contribution in [0.4, 0.5) is 5.69 Å². The molecule has 3 aromatic rings. The van der Waals surface area contributed by atoms with Gasteiger partial charge in [0.2, 0.25) is 17.7 Å². The zero-order valence-corrected chi connectivity index (χ0v) is 18.8. The van der Waals surface area contributed by atoms with Gasteiger partial charge in [-0.05, 0) is 35.9 Å². The van der Waals surface area contributed by atoms with E-state index in [1.54, 1.807) is 29.2 Å². The first kappa shape index (κ1) is 22.7. The van der Waals surface area contributed by atoms with Crippen molar-refractivity contribution in [3.63, 3.8) is 0 Å². The number of carbonyl (C=O) groups excluding carboxylic acids is 2. The van der Waals surface area contributed by atoms with Crippen molar-refractivity contribution in [3.8, 4) is 5.88 Å². The van der Waals surface area contributed by atoms with E-state index < -0.39 is 0 Å². The van der Waals surface area contributed by atoms with Crippen LogP contribution in [0.15, 0.2) is 54.9 Å². The van der Waals surface area contributed by atoms with Gasteiger partial charge in [-0.3, -0.25) is 9.59 Å². The molecule has 1 aliphatic rings. The first-order chi connectivity index (χ1) is 16.0. The molecule has 1 saturated heterocycles. The van der Waals surface area contributed by atoms with Gasteiger partial charge >= 0.3 is 0 Å². The van der Waals surface area contributed by atoms with Crippen molar-refractivity contribution in [2.45, 2.75) is 13.0 Å². The standard InChI is InChI=1S/C24H23ClN4O4/c1-16(30)28-22-12-18(25)8-6-17(22)7-9-23(31)29-10-11-32-19(13-29)14-33-24-20-4-2-3-5-21(20)26-15-27-24/h2-9,12,15,19H,10-11,13-14H2,1H3,(H,28,30). The molecule has 170 valence electrons. The van der Waals surface area contributed by atoms with E-state index >= 15 is 0 Å². The van der Waals surface area contributed by atoms with E-state index in [9.17, 15) is 9.59 Å². The first-order valence-corrected chi connectivity index (χ1v) is 10.9. The maximum absolute atomic E-state index is 12.8. The van der Waals surface area contributed by atoms with Gasteiger partial charge in [0.25, 0.3) is 0 Å². The maximum Gasteiger partial charge on any atom is 0.246 e. The number of nitrogens with one attached hydrogen (secondary N) is 1. The van der Waals surface area contributed by atoms with Crippen molar-refractivity contribution in [1.82, 2.24) is 14.9 Å². The minimum Gasteiger partial charge on any atom is -0.474 e. The van der Waals surface area contributed by atoms with Gasteiger partial charge in [0.1, 0.15) is 19.0 Å². The normalized spacial score (nSPS) is 16.2. The lowest BCUT2D eigenvalue weighted by Crippen LogP contribution is -2.47. The molecule has 2 aromatic carbocycles. The van der Waals surface area contributed by atoms with Crippen LogP contribution >= 0.6 is 11.6 Å². The second kappa shape index (κ2) is 10.4. The highest BCUT2D eigenvalue weighted by molar-refractivity contribution is 6.31. The molecule has 0 radical (unpaired) electrons. The molecule has 2 amide bonds. The number of nitrogens with zero attached hydrogens (tertiary/aromatic N) is 3. The third-order valence-electron chi connectivity index (χ3n) is 5.09. The number of anilines is 1. The molecule has 1 atom stereocenters. The third-order valence-corrected chi connectivity index (χ3v) is 5.33. The summed E-state index contributed by atoms with van der Waals surface area (Å²) in [7, 11) is 0. The lowest BCUT2D eigenvalue weighted by atomic mass is 10.1. The predicted octanol–water partition coefficient (Wildman–Crippen LogP) is 3.56. The molecule has 33 heavy (non-hydrogen) atoms. The highest BCUT2D eigenvalue weighted by Gasteiger charge is 2.24. The van der Waals surface area contributed by atoms with E-state index in [2.05, 4.69) is 15.3 Å². The average Bonchev–Trinajstić information content (AvgIpc) is 2.82. The first-order valence-electron chi connectivity index (χ1n) is 10.5. The lowest BCUT2D eigenvalue weighted by Gasteiger charge is -2.32. The van der Waals surface area contributed by atoms with Gasteiger partial charge in [0.15, 0.2) is 0 Å². The van der Waals surface area contributed by atoms with Gasteiger partial charge in [-0.1, -0.05) is 29.8 Å². The second-order valence-electron chi connectivity index (χ2n) is 7.53. The van der Waals surface area contributed by atoms with Gasteiger partial charge in [-0.2, -0.15) is 0 Å². The van der Waals surface area contributed by atoms with Crippen LogP contribution in [0.25, 0.3) is 17.0 Å². The van der Waals surface area contributed by atoms with Crippen LogP contribution in [0.1, 0.15) is 12.5 Å². The number of morpholine rings is 1. The summed E-state index contributed by atoms with van der Waals surface area (Å²) < 4.78 is 11.7. The van der Waals surface area contributed by atoms with E-state index in [-0.39, 0.29) is 24.5 Å². The minimum absolute atomic E-state index is 0.153. The summed E-state index contributed by atoms with van der Waals surface area (Å²) in [6.07, 6.45) is 4.33. The smallest absolute Gasteiger partial charge is 0.246 e. The Labute approximate surface area is 196 Å². The van der Waals surface area contributed by atoms with Crippen LogP contribution in [0, 0.1) is 0 Å². The largest absolute Gasteiger partial charge is 0.474 e. The highest BCUT2D eigenvalue weighted by Crippen LogP contribution is 2.23. The van der Waals surface area contributed by atoms with Gasteiger partial charge in [-0.25, -0.2) is 9.97 Å². The quantitative estimate of drug-likeness (QED) is 0.558. The van der Waals surface area contributed by atoms with E-state index in [4.69, 9.17) is 21.1 Å². The minimum atomic E-state index is -0.282. The maximum atomic E-state index is 12.8. The Hall–Kier alpha value is -3.49. The number of fused-ring (bicyclic) bond motifs is 1.